The normalized spacial score (nSPS) is 23.8. The Labute approximate surface area is 117 Å². The van der Waals surface area contributed by atoms with Crippen LogP contribution in [0, 0.1) is 21.8 Å². The van der Waals surface area contributed by atoms with E-state index < -0.39 is 16.4 Å². The first-order valence-electron chi connectivity index (χ1n) is 6.69. The maximum Gasteiger partial charge on any atom is 0.304 e. The summed E-state index contributed by atoms with van der Waals surface area (Å²) in [5, 5.41) is 10.6. The molecule has 1 fully saturated rings. The SMILES string of the molecule is COC1CN(Cc2ccc([N+](=O)[O-])c(F)c2)CCC1C. The predicted octanol–water partition coefficient (Wildman–Crippen LogP) is 2.59. The van der Waals surface area contributed by atoms with Crippen LogP contribution in [-0.4, -0.2) is 36.1 Å². The first kappa shape index (κ1) is 14.9. The van der Waals surface area contributed by atoms with Crippen LogP contribution in [0.25, 0.3) is 0 Å². The van der Waals surface area contributed by atoms with Crippen molar-refractivity contribution in [1.82, 2.24) is 4.90 Å². The minimum atomic E-state index is -0.777. The van der Waals surface area contributed by atoms with Crippen molar-refractivity contribution in [3.63, 3.8) is 0 Å². The van der Waals surface area contributed by atoms with Gasteiger partial charge in [-0.05, 0) is 30.5 Å². The zero-order valence-electron chi connectivity index (χ0n) is 11.7. The monoisotopic (exact) mass is 282 g/mol. The molecule has 0 amide bonds. The molecule has 1 heterocycles. The average Bonchev–Trinajstić information content (AvgIpc) is 2.40. The van der Waals surface area contributed by atoms with Crippen molar-refractivity contribution in [2.24, 2.45) is 5.92 Å². The fraction of sp³-hybridized carbons (Fsp3) is 0.571. The Hall–Kier alpha value is -1.53. The molecule has 2 atom stereocenters. The molecule has 0 aromatic heterocycles. The number of rotatable bonds is 4. The number of likely N-dealkylation sites (tertiary alicyclic amines) is 1. The molecule has 6 heteroatoms. The summed E-state index contributed by atoms with van der Waals surface area (Å²) < 4.78 is 19.0. The molecule has 0 spiro atoms. The van der Waals surface area contributed by atoms with Crippen LogP contribution in [0.5, 0.6) is 0 Å². The van der Waals surface area contributed by atoms with Gasteiger partial charge in [0.1, 0.15) is 0 Å². The van der Waals surface area contributed by atoms with Gasteiger partial charge in [-0.25, -0.2) is 0 Å². The number of nitro benzene ring substituents is 1. The first-order valence-corrected chi connectivity index (χ1v) is 6.69. The Balaban J connectivity index is 2.03. The lowest BCUT2D eigenvalue weighted by atomic mass is 9.95. The maximum absolute atomic E-state index is 13.6. The first-order chi connectivity index (χ1) is 9.51. The van der Waals surface area contributed by atoms with Crippen molar-refractivity contribution < 1.29 is 14.1 Å². The molecule has 2 unspecified atom stereocenters. The van der Waals surface area contributed by atoms with Crippen LogP contribution in [0.15, 0.2) is 18.2 Å². The van der Waals surface area contributed by atoms with E-state index in [1.807, 2.05) is 0 Å². The molecule has 5 nitrogen and oxygen atoms in total. The Bertz CT molecular complexity index is 495. The fourth-order valence-corrected chi connectivity index (χ4v) is 2.60. The highest BCUT2D eigenvalue weighted by molar-refractivity contribution is 5.35. The van der Waals surface area contributed by atoms with Crippen molar-refractivity contribution in [2.75, 3.05) is 20.2 Å². The Morgan fingerprint density at radius 3 is 2.90 bits per heavy atom. The van der Waals surface area contributed by atoms with E-state index in [2.05, 4.69) is 11.8 Å². The van der Waals surface area contributed by atoms with Gasteiger partial charge in [-0.1, -0.05) is 13.0 Å². The number of nitro groups is 1. The largest absolute Gasteiger partial charge is 0.380 e. The van der Waals surface area contributed by atoms with Crippen LogP contribution in [0.2, 0.25) is 0 Å². The minimum absolute atomic E-state index is 0.187. The van der Waals surface area contributed by atoms with E-state index in [-0.39, 0.29) is 6.10 Å². The molecule has 1 aromatic carbocycles. The van der Waals surface area contributed by atoms with Crippen LogP contribution in [0.3, 0.4) is 0 Å². The summed E-state index contributed by atoms with van der Waals surface area (Å²) in [5.41, 5.74) is 0.272. The molecule has 2 rings (SSSR count). The van der Waals surface area contributed by atoms with Gasteiger partial charge in [0, 0.05) is 26.3 Å². The zero-order chi connectivity index (χ0) is 14.7. The molecule has 0 aliphatic carbocycles. The van der Waals surface area contributed by atoms with Gasteiger partial charge in [-0.15, -0.1) is 0 Å². The maximum atomic E-state index is 13.6. The van der Waals surface area contributed by atoms with E-state index >= 15 is 0 Å². The van der Waals surface area contributed by atoms with Gasteiger partial charge in [-0.3, -0.25) is 15.0 Å². The van der Waals surface area contributed by atoms with Gasteiger partial charge in [0.15, 0.2) is 0 Å². The topological polar surface area (TPSA) is 55.6 Å². The Kier molecular flexibility index (Phi) is 4.67. The molecule has 1 saturated heterocycles. The van der Waals surface area contributed by atoms with Crippen molar-refractivity contribution in [3.8, 4) is 0 Å². The fourth-order valence-electron chi connectivity index (χ4n) is 2.60. The molecule has 1 aliphatic heterocycles. The Morgan fingerprint density at radius 1 is 1.55 bits per heavy atom. The van der Waals surface area contributed by atoms with Gasteiger partial charge in [-0.2, -0.15) is 4.39 Å². The molecule has 0 N–H and O–H groups in total. The second-order valence-electron chi connectivity index (χ2n) is 5.32. The van der Waals surface area contributed by atoms with E-state index in [0.29, 0.717) is 12.5 Å². The summed E-state index contributed by atoms with van der Waals surface area (Å²) in [6.45, 7) is 4.48. The quantitative estimate of drug-likeness (QED) is 0.629. The number of hydrogen-bond donors (Lipinski definition) is 0. The van der Waals surface area contributed by atoms with E-state index in [1.54, 1.807) is 13.2 Å². The van der Waals surface area contributed by atoms with Crippen LogP contribution in [-0.2, 0) is 11.3 Å². The third-order valence-electron chi connectivity index (χ3n) is 3.89. The van der Waals surface area contributed by atoms with E-state index in [9.17, 15) is 14.5 Å². The standard InChI is InChI=1S/C14H19FN2O3/c1-10-5-6-16(9-14(10)20-2)8-11-3-4-13(17(18)19)12(15)7-11/h3-4,7,10,14H,5-6,8-9H2,1-2H3. The predicted molar refractivity (Wildman–Crippen MR) is 72.9 cm³/mol. The van der Waals surface area contributed by atoms with Gasteiger partial charge in [0.2, 0.25) is 5.82 Å². The molecule has 1 aromatic rings. The Morgan fingerprint density at radius 2 is 2.30 bits per heavy atom. The van der Waals surface area contributed by atoms with Crippen LogP contribution in [0.1, 0.15) is 18.9 Å². The lowest BCUT2D eigenvalue weighted by Crippen LogP contribution is -2.43. The van der Waals surface area contributed by atoms with Crippen LogP contribution < -0.4 is 0 Å². The number of benzene rings is 1. The number of piperidine rings is 1. The molecule has 1 aliphatic rings. The molecule has 110 valence electrons. The third-order valence-corrected chi connectivity index (χ3v) is 3.89. The smallest absolute Gasteiger partial charge is 0.304 e. The second kappa shape index (κ2) is 6.28. The molecular weight excluding hydrogens is 263 g/mol. The number of methoxy groups -OCH3 is 1. The number of hydrogen-bond acceptors (Lipinski definition) is 4. The average molecular weight is 282 g/mol. The van der Waals surface area contributed by atoms with Gasteiger partial charge >= 0.3 is 5.69 Å². The van der Waals surface area contributed by atoms with Gasteiger partial charge < -0.3 is 4.74 Å². The molecule has 0 saturated carbocycles. The third kappa shape index (κ3) is 3.32. The van der Waals surface area contributed by atoms with E-state index in [1.165, 1.54) is 12.1 Å². The van der Waals surface area contributed by atoms with E-state index in [0.717, 1.165) is 25.1 Å². The lowest BCUT2D eigenvalue weighted by Gasteiger charge is -2.36. The summed E-state index contributed by atoms with van der Waals surface area (Å²) in [5.74, 6) is -0.258. The summed E-state index contributed by atoms with van der Waals surface area (Å²) in [7, 11) is 1.70. The summed E-state index contributed by atoms with van der Waals surface area (Å²) in [6, 6.07) is 4.09. The van der Waals surface area contributed by atoms with Crippen molar-refractivity contribution in [3.05, 3.63) is 39.7 Å². The van der Waals surface area contributed by atoms with Gasteiger partial charge in [0.05, 0.1) is 11.0 Å². The van der Waals surface area contributed by atoms with Crippen molar-refractivity contribution in [2.45, 2.75) is 26.0 Å². The van der Waals surface area contributed by atoms with Crippen LogP contribution in [0.4, 0.5) is 10.1 Å². The van der Waals surface area contributed by atoms with Crippen molar-refractivity contribution >= 4 is 5.69 Å². The highest BCUT2D eigenvalue weighted by Gasteiger charge is 2.26. The zero-order valence-corrected chi connectivity index (χ0v) is 11.7. The second-order valence-corrected chi connectivity index (χ2v) is 5.32. The number of halogens is 1. The minimum Gasteiger partial charge on any atom is -0.380 e. The highest BCUT2D eigenvalue weighted by Crippen LogP contribution is 2.23. The highest BCUT2D eigenvalue weighted by atomic mass is 19.1. The van der Waals surface area contributed by atoms with Gasteiger partial charge in [0.25, 0.3) is 0 Å². The lowest BCUT2D eigenvalue weighted by molar-refractivity contribution is -0.387. The molecule has 0 radical (unpaired) electrons. The summed E-state index contributed by atoms with van der Waals surface area (Å²) in [4.78, 5) is 12.1. The summed E-state index contributed by atoms with van der Waals surface area (Å²) >= 11 is 0. The summed E-state index contributed by atoms with van der Waals surface area (Å²) in [6.07, 6.45) is 1.22. The van der Waals surface area contributed by atoms with Crippen LogP contribution >= 0.6 is 0 Å². The molecule has 20 heavy (non-hydrogen) atoms. The molecule has 0 bridgehead atoms. The number of ether oxygens (including phenoxy) is 1. The molecular formula is C14H19FN2O3. The van der Waals surface area contributed by atoms with Crippen molar-refractivity contribution in [1.29, 1.82) is 0 Å². The van der Waals surface area contributed by atoms with E-state index in [4.69, 9.17) is 4.74 Å². The number of nitrogens with zero attached hydrogens (tertiary/aromatic N) is 2.